The number of benzene rings is 2. The molecular weight excluding hydrogens is 340 g/mol. The van der Waals surface area contributed by atoms with Gasteiger partial charge in [0, 0.05) is 11.5 Å². The summed E-state index contributed by atoms with van der Waals surface area (Å²) in [6, 6.07) is 14.8. The Labute approximate surface area is 157 Å². The van der Waals surface area contributed by atoms with Crippen LogP contribution < -0.4 is 5.43 Å². The minimum atomic E-state index is -1.04. The van der Waals surface area contributed by atoms with Gasteiger partial charge in [-0.2, -0.15) is 0 Å². The van der Waals surface area contributed by atoms with Gasteiger partial charge in [0.25, 0.3) is 0 Å². The van der Waals surface area contributed by atoms with Crippen LogP contribution in [0.3, 0.4) is 0 Å². The van der Waals surface area contributed by atoms with Crippen LogP contribution in [0.15, 0.2) is 57.7 Å². The summed E-state index contributed by atoms with van der Waals surface area (Å²) in [6.07, 6.45) is 3.54. The van der Waals surface area contributed by atoms with Crippen molar-refractivity contribution in [3.8, 4) is 0 Å². The standard InChI is InChI=1S/C23H22O4/c1-2-3-9-16-21(24)19-12-15(23(25)26)10-11-20(19)27-22(16)18-13-17(18)14-7-5-4-6-8-14/h4-8,10-12,17-18H,2-3,9,13H2,1H3,(H,25,26)/t17-,18+/m0/s1. The summed E-state index contributed by atoms with van der Waals surface area (Å²) in [5.41, 5.74) is 2.49. The van der Waals surface area contributed by atoms with Gasteiger partial charge in [-0.15, -0.1) is 0 Å². The van der Waals surface area contributed by atoms with E-state index < -0.39 is 5.97 Å². The lowest BCUT2D eigenvalue weighted by Crippen LogP contribution is -2.13. The van der Waals surface area contributed by atoms with Crippen molar-refractivity contribution in [3.63, 3.8) is 0 Å². The Hall–Kier alpha value is -2.88. The molecule has 1 aliphatic carbocycles. The molecule has 4 heteroatoms. The number of carboxylic acids is 1. The minimum Gasteiger partial charge on any atom is -0.478 e. The Morgan fingerprint density at radius 1 is 1.15 bits per heavy atom. The molecular formula is C23H22O4. The van der Waals surface area contributed by atoms with Gasteiger partial charge < -0.3 is 9.52 Å². The summed E-state index contributed by atoms with van der Waals surface area (Å²) in [7, 11) is 0. The number of carboxylic acid groups (broad SMARTS) is 1. The van der Waals surface area contributed by atoms with Gasteiger partial charge in [0.2, 0.25) is 0 Å². The highest BCUT2D eigenvalue weighted by molar-refractivity contribution is 5.92. The minimum absolute atomic E-state index is 0.0819. The lowest BCUT2D eigenvalue weighted by molar-refractivity contribution is 0.0697. The van der Waals surface area contributed by atoms with Crippen molar-refractivity contribution in [2.24, 2.45) is 0 Å². The van der Waals surface area contributed by atoms with Crippen LogP contribution in [0.2, 0.25) is 0 Å². The Morgan fingerprint density at radius 3 is 2.63 bits per heavy atom. The first kappa shape index (κ1) is 17.5. The average molecular weight is 362 g/mol. The Balaban J connectivity index is 1.81. The first-order chi connectivity index (χ1) is 13.1. The molecule has 27 heavy (non-hydrogen) atoms. The predicted octanol–water partition coefficient (Wildman–Crippen LogP) is 5.10. The number of unbranched alkanes of at least 4 members (excludes halogenated alkanes) is 1. The van der Waals surface area contributed by atoms with E-state index in [1.807, 2.05) is 18.2 Å². The number of hydrogen-bond acceptors (Lipinski definition) is 3. The number of hydrogen-bond donors (Lipinski definition) is 1. The second-order valence-electron chi connectivity index (χ2n) is 7.25. The molecule has 0 amide bonds. The topological polar surface area (TPSA) is 67.5 Å². The molecule has 4 rings (SSSR count). The van der Waals surface area contributed by atoms with E-state index in [4.69, 9.17) is 4.42 Å². The summed E-state index contributed by atoms with van der Waals surface area (Å²) in [5, 5.41) is 9.59. The van der Waals surface area contributed by atoms with Crippen LogP contribution in [-0.4, -0.2) is 11.1 Å². The molecule has 138 valence electrons. The molecule has 0 spiro atoms. The summed E-state index contributed by atoms with van der Waals surface area (Å²) in [6.45, 7) is 2.09. The zero-order chi connectivity index (χ0) is 19.0. The molecule has 0 unspecified atom stereocenters. The third-order valence-electron chi connectivity index (χ3n) is 5.40. The first-order valence-corrected chi connectivity index (χ1v) is 9.48. The molecule has 0 saturated heterocycles. The molecule has 1 heterocycles. The van der Waals surface area contributed by atoms with Crippen LogP contribution in [0.1, 0.15) is 65.3 Å². The van der Waals surface area contributed by atoms with Crippen LogP contribution in [-0.2, 0) is 6.42 Å². The van der Waals surface area contributed by atoms with E-state index >= 15 is 0 Å². The van der Waals surface area contributed by atoms with Crippen molar-refractivity contribution in [2.75, 3.05) is 0 Å². The van der Waals surface area contributed by atoms with E-state index in [9.17, 15) is 14.7 Å². The molecule has 1 aliphatic rings. The number of fused-ring (bicyclic) bond motifs is 1. The van der Waals surface area contributed by atoms with E-state index in [1.165, 1.54) is 17.7 Å². The van der Waals surface area contributed by atoms with E-state index in [2.05, 4.69) is 19.1 Å². The van der Waals surface area contributed by atoms with Gasteiger partial charge in [0.05, 0.1) is 10.9 Å². The predicted molar refractivity (Wildman–Crippen MR) is 105 cm³/mol. The lowest BCUT2D eigenvalue weighted by atomic mass is 9.99. The third-order valence-corrected chi connectivity index (χ3v) is 5.40. The molecule has 3 aromatic rings. The fourth-order valence-corrected chi connectivity index (χ4v) is 3.83. The molecule has 1 N–H and O–H groups in total. The van der Waals surface area contributed by atoms with E-state index in [0.717, 1.165) is 30.6 Å². The maximum Gasteiger partial charge on any atom is 0.335 e. The SMILES string of the molecule is CCCCc1c([C@@H]2C[C@H]2c2ccccc2)oc2ccc(C(=O)O)cc2c1=O. The fourth-order valence-electron chi connectivity index (χ4n) is 3.83. The summed E-state index contributed by atoms with van der Waals surface area (Å²) < 4.78 is 6.19. The van der Waals surface area contributed by atoms with Crippen LogP contribution >= 0.6 is 0 Å². The zero-order valence-electron chi connectivity index (χ0n) is 15.3. The van der Waals surface area contributed by atoms with Crippen molar-refractivity contribution < 1.29 is 14.3 Å². The monoisotopic (exact) mass is 362 g/mol. The largest absolute Gasteiger partial charge is 0.478 e. The summed E-state index contributed by atoms with van der Waals surface area (Å²) >= 11 is 0. The molecule has 0 aliphatic heterocycles. The van der Waals surface area contributed by atoms with Gasteiger partial charge >= 0.3 is 5.97 Å². The normalized spacial score (nSPS) is 18.6. The maximum atomic E-state index is 13.2. The molecule has 1 fully saturated rings. The highest BCUT2D eigenvalue weighted by Gasteiger charge is 2.43. The molecule has 1 aromatic heterocycles. The van der Waals surface area contributed by atoms with Crippen LogP contribution in [0.25, 0.3) is 11.0 Å². The first-order valence-electron chi connectivity index (χ1n) is 9.48. The number of rotatable bonds is 6. The smallest absolute Gasteiger partial charge is 0.335 e. The van der Waals surface area contributed by atoms with Crippen molar-refractivity contribution in [3.05, 3.63) is 81.2 Å². The van der Waals surface area contributed by atoms with Crippen LogP contribution in [0.5, 0.6) is 0 Å². The Bertz CT molecular complexity index is 1050. The second-order valence-corrected chi connectivity index (χ2v) is 7.25. The number of carbonyl (C=O) groups is 1. The molecule has 4 nitrogen and oxygen atoms in total. The Morgan fingerprint density at radius 2 is 1.93 bits per heavy atom. The van der Waals surface area contributed by atoms with Gasteiger partial charge in [0.1, 0.15) is 11.3 Å². The highest BCUT2D eigenvalue weighted by Crippen LogP contribution is 2.55. The van der Waals surface area contributed by atoms with E-state index in [-0.39, 0.29) is 16.9 Å². The quantitative estimate of drug-likeness (QED) is 0.662. The molecule has 0 radical (unpaired) electrons. The Kier molecular flexibility index (Phi) is 4.56. The second kappa shape index (κ2) is 7.03. The highest BCUT2D eigenvalue weighted by atomic mass is 16.4. The van der Waals surface area contributed by atoms with Gasteiger partial charge in [-0.1, -0.05) is 43.7 Å². The van der Waals surface area contributed by atoms with Crippen LogP contribution in [0, 0.1) is 0 Å². The van der Waals surface area contributed by atoms with Crippen molar-refractivity contribution in [1.82, 2.24) is 0 Å². The fraction of sp³-hybridized carbons (Fsp3) is 0.304. The summed E-state index contributed by atoms with van der Waals surface area (Å²) in [4.78, 5) is 24.4. The van der Waals surface area contributed by atoms with E-state index in [1.54, 1.807) is 6.07 Å². The van der Waals surface area contributed by atoms with Gasteiger partial charge in [-0.3, -0.25) is 4.79 Å². The van der Waals surface area contributed by atoms with Gasteiger partial charge in [-0.25, -0.2) is 4.79 Å². The summed E-state index contributed by atoms with van der Waals surface area (Å²) in [5.74, 6) is 0.348. The molecule has 2 aromatic carbocycles. The lowest BCUT2D eigenvalue weighted by Gasteiger charge is -2.10. The van der Waals surface area contributed by atoms with E-state index in [0.29, 0.717) is 23.3 Å². The van der Waals surface area contributed by atoms with Gasteiger partial charge in [-0.05, 0) is 48.9 Å². The average Bonchev–Trinajstić information content (AvgIpc) is 3.48. The third kappa shape index (κ3) is 3.27. The zero-order valence-corrected chi connectivity index (χ0v) is 15.3. The van der Waals surface area contributed by atoms with Crippen molar-refractivity contribution in [1.29, 1.82) is 0 Å². The maximum absolute atomic E-state index is 13.2. The van der Waals surface area contributed by atoms with Crippen molar-refractivity contribution >= 4 is 16.9 Å². The van der Waals surface area contributed by atoms with Crippen LogP contribution in [0.4, 0.5) is 0 Å². The van der Waals surface area contributed by atoms with Gasteiger partial charge in [0.15, 0.2) is 5.43 Å². The molecule has 0 bridgehead atoms. The molecule has 1 saturated carbocycles. The molecule has 2 atom stereocenters. The number of aromatic carboxylic acids is 1. The van der Waals surface area contributed by atoms with Crippen molar-refractivity contribution in [2.45, 2.75) is 44.4 Å².